The van der Waals surface area contributed by atoms with Crippen LogP contribution in [0, 0.1) is 12.8 Å². The first-order chi connectivity index (χ1) is 13.0. The number of ether oxygens (including phenoxy) is 1. The molecule has 0 aliphatic carbocycles. The van der Waals surface area contributed by atoms with Gasteiger partial charge < -0.3 is 19.9 Å². The summed E-state index contributed by atoms with van der Waals surface area (Å²) in [4.78, 5) is 27.7. The second kappa shape index (κ2) is 10.9. The zero-order chi connectivity index (χ0) is 19.6. The molecule has 0 saturated carbocycles. The molecule has 2 rings (SSSR count). The molecule has 1 N–H and O–H groups in total. The summed E-state index contributed by atoms with van der Waals surface area (Å²) in [7, 11) is 1.78. The van der Waals surface area contributed by atoms with Crippen molar-refractivity contribution < 1.29 is 14.3 Å². The van der Waals surface area contributed by atoms with Gasteiger partial charge in [-0.3, -0.25) is 4.79 Å². The summed E-state index contributed by atoms with van der Waals surface area (Å²) in [6.45, 7) is 8.06. The summed E-state index contributed by atoms with van der Waals surface area (Å²) in [5, 5.41) is 2.62. The van der Waals surface area contributed by atoms with E-state index in [1.807, 2.05) is 0 Å². The maximum absolute atomic E-state index is 12.1. The average molecular weight is 376 g/mol. The maximum Gasteiger partial charge on any atom is 0.325 e. The topological polar surface area (TPSA) is 61.9 Å². The minimum Gasteiger partial charge on any atom is -0.465 e. The normalized spacial score (nSPS) is 17.4. The molecule has 27 heavy (non-hydrogen) atoms. The fourth-order valence-electron chi connectivity index (χ4n) is 3.64. The van der Waals surface area contributed by atoms with Gasteiger partial charge in [0.1, 0.15) is 6.54 Å². The lowest BCUT2D eigenvalue weighted by Gasteiger charge is -2.34. The van der Waals surface area contributed by atoms with Crippen LogP contribution in [-0.2, 0) is 16.0 Å². The molecule has 1 aliphatic heterocycles. The van der Waals surface area contributed by atoms with Crippen LogP contribution in [0.5, 0.6) is 0 Å². The second-order valence-corrected chi connectivity index (χ2v) is 7.33. The maximum atomic E-state index is 12.1. The van der Waals surface area contributed by atoms with Gasteiger partial charge in [-0.25, -0.2) is 4.79 Å². The predicted molar refractivity (Wildman–Crippen MR) is 107 cm³/mol. The number of likely N-dealkylation sites (tertiary alicyclic amines) is 1. The molecule has 0 bridgehead atoms. The minimum atomic E-state index is -0.403. The highest BCUT2D eigenvalue weighted by atomic mass is 16.5. The molecule has 1 saturated heterocycles. The molecule has 1 unspecified atom stereocenters. The van der Waals surface area contributed by atoms with E-state index in [1.54, 1.807) is 18.9 Å². The summed E-state index contributed by atoms with van der Waals surface area (Å²) in [6.07, 6.45) is 3.36. The van der Waals surface area contributed by atoms with Crippen LogP contribution >= 0.6 is 0 Å². The summed E-state index contributed by atoms with van der Waals surface area (Å²) >= 11 is 0. The monoisotopic (exact) mass is 375 g/mol. The van der Waals surface area contributed by atoms with Crippen molar-refractivity contribution in [1.29, 1.82) is 0 Å². The van der Waals surface area contributed by atoms with Crippen LogP contribution in [0.4, 0.5) is 4.79 Å². The Hall–Kier alpha value is -2.08. The highest BCUT2D eigenvalue weighted by molar-refractivity contribution is 5.80. The number of urea groups is 1. The second-order valence-electron chi connectivity index (χ2n) is 7.33. The van der Waals surface area contributed by atoms with E-state index in [9.17, 15) is 9.59 Å². The van der Waals surface area contributed by atoms with Crippen molar-refractivity contribution in [1.82, 2.24) is 15.1 Å². The fraction of sp³-hybridized carbons (Fsp3) is 0.619. The van der Waals surface area contributed by atoms with Crippen molar-refractivity contribution >= 4 is 12.0 Å². The molecule has 2 amide bonds. The lowest BCUT2D eigenvalue weighted by atomic mass is 9.97. The summed E-state index contributed by atoms with van der Waals surface area (Å²) in [5.74, 6) is 0.0632. The number of nitrogens with zero attached hydrogens (tertiary/aromatic N) is 2. The van der Waals surface area contributed by atoms with Crippen LogP contribution in [0.25, 0.3) is 0 Å². The van der Waals surface area contributed by atoms with Crippen molar-refractivity contribution in [2.75, 3.05) is 46.4 Å². The Bertz CT molecular complexity index is 620. The molecule has 150 valence electrons. The molecule has 0 aromatic heterocycles. The van der Waals surface area contributed by atoms with Crippen molar-refractivity contribution in [3.63, 3.8) is 0 Å². The van der Waals surface area contributed by atoms with E-state index in [0.29, 0.717) is 19.1 Å². The molecule has 0 radical (unpaired) electrons. The number of carbonyl (C=O) groups excluding carboxylic acids is 2. The standard InChI is InChI=1S/C21H33N3O3/c1-4-27-20(25)14-22-21(26)23(3)15-18-9-7-12-24(16-18)13-11-19-10-6-5-8-17(19)2/h5-6,8,10,18H,4,7,9,11-16H2,1-3H3,(H,22,26). The van der Waals surface area contributed by atoms with Gasteiger partial charge in [0.05, 0.1) is 6.61 Å². The molecule has 1 aromatic rings. The van der Waals surface area contributed by atoms with Gasteiger partial charge in [0.25, 0.3) is 0 Å². The van der Waals surface area contributed by atoms with E-state index in [2.05, 4.69) is 41.4 Å². The van der Waals surface area contributed by atoms with Gasteiger partial charge >= 0.3 is 12.0 Å². The molecule has 6 nitrogen and oxygen atoms in total. The summed E-state index contributed by atoms with van der Waals surface area (Å²) < 4.78 is 4.83. The van der Waals surface area contributed by atoms with Gasteiger partial charge in [0.2, 0.25) is 0 Å². The molecule has 1 atom stereocenters. The van der Waals surface area contributed by atoms with Crippen LogP contribution in [0.1, 0.15) is 30.9 Å². The third-order valence-corrected chi connectivity index (χ3v) is 5.13. The zero-order valence-electron chi connectivity index (χ0n) is 16.9. The first-order valence-corrected chi connectivity index (χ1v) is 9.91. The predicted octanol–water partition coefficient (Wildman–Crippen LogP) is 2.45. The number of benzene rings is 1. The van der Waals surface area contributed by atoms with E-state index in [-0.39, 0.29) is 12.6 Å². The highest BCUT2D eigenvalue weighted by Crippen LogP contribution is 2.18. The van der Waals surface area contributed by atoms with Gasteiger partial charge in [-0.2, -0.15) is 0 Å². The number of nitrogens with one attached hydrogen (secondary N) is 1. The highest BCUT2D eigenvalue weighted by Gasteiger charge is 2.23. The zero-order valence-corrected chi connectivity index (χ0v) is 16.9. The minimum absolute atomic E-state index is 0.0791. The lowest BCUT2D eigenvalue weighted by Crippen LogP contribution is -2.46. The van der Waals surface area contributed by atoms with Gasteiger partial charge in [0.15, 0.2) is 0 Å². The third-order valence-electron chi connectivity index (χ3n) is 5.13. The molecular formula is C21H33N3O3. The number of amides is 2. The van der Waals surface area contributed by atoms with Crippen molar-refractivity contribution in [3.8, 4) is 0 Å². The number of esters is 1. The molecule has 1 fully saturated rings. The van der Waals surface area contributed by atoms with Crippen LogP contribution in [-0.4, -0.2) is 68.2 Å². The van der Waals surface area contributed by atoms with Crippen LogP contribution in [0.15, 0.2) is 24.3 Å². The Balaban J connectivity index is 1.74. The first kappa shape index (κ1) is 21.2. The number of hydrogen-bond acceptors (Lipinski definition) is 4. The number of carbonyl (C=O) groups is 2. The van der Waals surface area contributed by atoms with E-state index in [1.165, 1.54) is 11.1 Å². The van der Waals surface area contributed by atoms with Gasteiger partial charge in [-0.15, -0.1) is 0 Å². The van der Waals surface area contributed by atoms with Crippen molar-refractivity contribution in [2.45, 2.75) is 33.1 Å². The number of hydrogen-bond donors (Lipinski definition) is 1. The van der Waals surface area contributed by atoms with E-state index in [0.717, 1.165) is 38.9 Å². The third kappa shape index (κ3) is 7.21. The molecule has 6 heteroatoms. The molecule has 1 heterocycles. The SMILES string of the molecule is CCOC(=O)CNC(=O)N(C)CC1CCCN(CCc2ccccc2C)C1. The van der Waals surface area contributed by atoms with Gasteiger partial charge in [0, 0.05) is 26.7 Å². The van der Waals surface area contributed by atoms with Crippen molar-refractivity contribution in [3.05, 3.63) is 35.4 Å². The van der Waals surface area contributed by atoms with Crippen LogP contribution in [0.2, 0.25) is 0 Å². The number of aryl methyl sites for hydroxylation is 1. The fourth-order valence-corrected chi connectivity index (χ4v) is 3.64. The largest absolute Gasteiger partial charge is 0.465 e. The van der Waals surface area contributed by atoms with Gasteiger partial charge in [-0.1, -0.05) is 24.3 Å². The van der Waals surface area contributed by atoms with E-state index >= 15 is 0 Å². The van der Waals surface area contributed by atoms with Crippen LogP contribution in [0.3, 0.4) is 0 Å². The quantitative estimate of drug-likeness (QED) is 0.709. The van der Waals surface area contributed by atoms with E-state index in [4.69, 9.17) is 4.74 Å². The molecule has 0 spiro atoms. The van der Waals surface area contributed by atoms with E-state index < -0.39 is 5.97 Å². The Morgan fingerprint density at radius 3 is 2.85 bits per heavy atom. The van der Waals surface area contributed by atoms with Crippen molar-refractivity contribution in [2.24, 2.45) is 5.92 Å². The average Bonchev–Trinajstić information content (AvgIpc) is 2.66. The van der Waals surface area contributed by atoms with Gasteiger partial charge in [-0.05, 0) is 56.7 Å². The Labute approximate surface area is 162 Å². The molecule has 1 aliphatic rings. The Morgan fingerprint density at radius 1 is 1.33 bits per heavy atom. The summed E-state index contributed by atoms with van der Waals surface area (Å²) in [5.41, 5.74) is 2.76. The lowest BCUT2D eigenvalue weighted by molar-refractivity contribution is -0.141. The van der Waals surface area contributed by atoms with Crippen LogP contribution < -0.4 is 5.32 Å². The Kier molecular flexibility index (Phi) is 8.58. The summed E-state index contributed by atoms with van der Waals surface area (Å²) in [6, 6.07) is 8.33. The molecule has 1 aromatic carbocycles. The number of rotatable bonds is 8. The Morgan fingerprint density at radius 2 is 2.11 bits per heavy atom. The first-order valence-electron chi connectivity index (χ1n) is 9.91. The molecular weight excluding hydrogens is 342 g/mol. The smallest absolute Gasteiger partial charge is 0.325 e. The number of piperidine rings is 1.